The van der Waals surface area contributed by atoms with E-state index in [0.717, 1.165) is 6.54 Å². The van der Waals surface area contributed by atoms with E-state index in [-0.39, 0.29) is 0 Å². The Morgan fingerprint density at radius 3 is 2.47 bits per heavy atom. The average Bonchev–Trinajstić information content (AvgIpc) is 2.73. The molecule has 0 unspecified atom stereocenters. The molecule has 0 saturated carbocycles. The van der Waals surface area contributed by atoms with Crippen molar-refractivity contribution < 1.29 is 0 Å². The second-order valence-electron chi connectivity index (χ2n) is 4.22. The van der Waals surface area contributed by atoms with Gasteiger partial charge in [-0.15, -0.1) is 11.3 Å². The van der Waals surface area contributed by atoms with Crippen molar-refractivity contribution in [3.63, 3.8) is 0 Å². The topological polar surface area (TPSA) is 12.0 Å². The molecule has 0 aliphatic rings. The van der Waals surface area contributed by atoms with Gasteiger partial charge in [-0.2, -0.15) is 0 Å². The Bertz CT molecular complexity index is 475. The molecule has 0 bridgehead atoms. The maximum Gasteiger partial charge on any atom is 0.0701 e. The van der Waals surface area contributed by atoms with E-state index in [1.165, 1.54) is 19.8 Å². The van der Waals surface area contributed by atoms with Crippen LogP contribution in [0.2, 0.25) is 0 Å². The number of thiophene rings is 1. The Morgan fingerprint density at radius 2 is 1.88 bits per heavy atom. The number of benzene rings is 1. The number of nitrogens with one attached hydrogen (secondary N) is 1. The monoisotopic (exact) mass is 309 g/mol. The van der Waals surface area contributed by atoms with Gasteiger partial charge in [0, 0.05) is 17.5 Å². The highest BCUT2D eigenvalue weighted by atomic mass is 79.9. The number of halogens is 1. The number of rotatable bonds is 4. The fourth-order valence-corrected chi connectivity index (χ4v) is 3.11. The summed E-state index contributed by atoms with van der Waals surface area (Å²) in [6, 6.07) is 13.3. The molecule has 2 aromatic rings. The second kappa shape index (κ2) is 5.80. The maximum absolute atomic E-state index is 3.54. The molecule has 1 atom stereocenters. The molecule has 2 rings (SSSR count). The molecule has 1 aromatic carbocycles. The third-order valence-electron chi connectivity index (χ3n) is 2.79. The van der Waals surface area contributed by atoms with Gasteiger partial charge in [-0.1, -0.05) is 29.8 Å². The summed E-state index contributed by atoms with van der Waals surface area (Å²) in [5, 5.41) is 3.54. The van der Waals surface area contributed by atoms with Crippen LogP contribution < -0.4 is 5.32 Å². The Hall–Kier alpha value is -0.640. The van der Waals surface area contributed by atoms with Crippen molar-refractivity contribution in [3.8, 4) is 0 Å². The van der Waals surface area contributed by atoms with Crippen LogP contribution in [0.5, 0.6) is 0 Å². The molecule has 3 heteroatoms. The van der Waals surface area contributed by atoms with Gasteiger partial charge in [0.15, 0.2) is 0 Å². The van der Waals surface area contributed by atoms with E-state index < -0.39 is 0 Å². The van der Waals surface area contributed by atoms with Crippen molar-refractivity contribution in [1.82, 2.24) is 5.32 Å². The highest BCUT2D eigenvalue weighted by Crippen LogP contribution is 2.22. The van der Waals surface area contributed by atoms with Crippen LogP contribution in [-0.4, -0.2) is 0 Å². The molecule has 90 valence electrons. The van der Waals surface area contributed by atoms with Crippen LogP contribution in [0.15, 0.2) is 40.2 Å². The lowest BCUT2D eigenvalue weighted by Gasteiger charge is -2.13. The van der Waals surface area contributed by atoms with Crippen LogP contribution in [0.3, 0.4) is 0 Å². The Labute approximate surface area is 115 Å². The molecule has 0 radical (unpaired) electrons. The van der Waals surface area contributed by atoms with Crippen molar-refractivity contribution in [1.29, 1.82) is 0 Å². The first-order valence-corrected chi connectivity index (χ1v) is 7.30. The molecule has 0 amide bonds. The quantitative estimate of drug-likeness (QED) is 0.865. The van der Waals surface area contributed by atoms with Gasteiger partial charge in [-0.25, -0.2) is 0 Å². The Balaban J connectivity index is 1.93. The smallest absolute Gasteiger partial charge is 0.0701 e. The van der Waals surface area contributed by atoms with Gasteiger partial charge >= 0.3 is 0 Å². The van der Waals surface area contributed by atoms with E-state index in [1.54, 1.807) is 11.3 Å². The van der Waals surface area contributed by atoms with Gasteiger partial charge in [0.2, 0.25) is 0 Å². The predicted molar refractivity (Wildman–Crippen MR) is 78.5 cm³/mol. The summed E-state index contributed by atoms with van der Waals surface area (Å²) in [4.78, 5) is 1.36. The summed E-state index contributed by atoms with van der Waals surface area (Å²) >= 11 is 5.26. The first-order chi connectivity index (χ1) is 8.15. The van der Waals surface area contributed by atoms with Gasteiger partial charge in [0.25, 0.3) is 0 Å². The molecule has 0 aliphatic carbocycles. The normalized spacial score (nSPS) is 12.6. The van der Waals surface area contributed by atoms with Gasteiger partial charge in [0.05, 0.1) is 3.79 Å². The number of aryl methyl sites for hydroxylation is 1. The van der Waals surface area contributed by atoms with E-state index >= 15 is 0 Å². The summed E-state index contributed by atoms with van der Waals surface area (Å²) in [5.41, 5.74) is 2.65. The Kier molecular flexibility index (Phi) is 4.37. The summed E-state index contributed by atoms with van der Waals surface area (Å²) in [6.07, 6.45) is 0. The van der Waals surface area contributed by atoms with Crippen molar-refractivity contribution in [3.05, 3.63) is 56.2 Å². The zero-order valence-electron chi connectivity index (χ0n) is 10.0. The summed E-state index contributed by atoms with van der Waals surface area (Å²) in [7, 11) is 0. The Morgan fingerprint density at radius 1 is 1.18 bits per heavy atom. The fraction of sp³-hybridized carbons (Fsp3) is 0.286. The number of hydrogen-bond acceptors (Lipinski definition) is 2. The molecular formula is C14H16BrNS. The maximum atomic E-state index is 3.54. The van der Waals surface area contributed by atoms with Crippen LogP contribution in [-0.2, 0) is 6.54 Å². The van der Waals surface area contributed by atoms with Gasteiger partial charge in [-0.3, -0.25) is 0 Å². The first kappa shape index (κ1) is 12.8. The van der Waals surface area contributed by atoms with E-state index in [4.69, 9.17) is 0 Å². The second-order valence-corrected chi connectivity index (χ2v) is 6.77. The minimum atomic E-state index is 0.386. The summed E-state index contributed by atoms with van der Waals surface area (Å²) < 4.78 is 1.19. The van der Waals surface area contributed by atoms with Crippen molar-refractivity contribution >= 4 is 27.3 Å². The summed E-state index contributed by atoms with van der Waals surface area (Å²) in [5.74, 6) is 0. The van der Waals surface area contributed by atoms with E-state index in [9.17, 15) is 0 Å². The van der Waals surface area contributed by atoms with Gasteiger partial charge in [0.1, 0.15) is 0 Å². The molecule has 1 heterocycles. The third kappa shape index (κ3) is 3.66. The van der Waals surface area contributed by atoms with E-state index in [2.05, 4.69) is 71.5 Å². The standard InChI is InChI=1S/C14H16BrNS/c1-10-3-5-12(6-4-10)11(2)16-9-13-7-8-14(15)17-13/h3-8,11,16H,9H2,1-2H3/t11-/m1/s1. The molecule has 17 heavy (non-hydrogen) atoms. The first-order valence-electron chi connectivity index (χ1n) is 5.69. The highest BCUT2D eigenvalue weighted by Gasteiger charge is 2.05. The molecule has 0 fully saturated rings. The van der Waals surface area contributed by atoms with Crippen LogP contribution >= 0.6 is 27.3 Å². The number of hydrogen-bond donors (Lipinski definition) is 1. The van der Waals surface area contributed by atoms with E-state index in [1.807, 2.05) is 0 Å². The third-order valence-corrected chi connectivity index (χ3v) is 4.41. The van der Waals surface area contributed by atoms with Crippen molar-refractivity contribution in [2.24, 2.45) is 0 Å². The van der Waals surface area contributed by atoms with Gasteiger partial charge in [-0.05, 0) is 47.5 Å². The molecular weight excluding hydrogens is 294 g/mol. The SMILES string of the molecule is Cc1ccc([C@@H](C)NCc2ccc(Br)s2)cc1. The van der Waals surface area contributed by atoms with E-state index in [0.29, 0.717) is 6.04 Å². The lowest BCUT2D eigenvalue weighted by atomic mass is 10.1. The summed E-state index contributed by atoms with van der Waals surface area (Å²) in [6.45, 7) is 5.24. The van der Waals surface area contributed by atoms with Crippen LogP contribution in [0.4, 0.5) is 0 Å². The zero-order chi connectivity index (χ0) is 12.3. The molecule has 0 saturated heterocycles. The van der Waals surface area contributed by atoms with Gasteiger partial charge < -0.3 is 5.32 Å². The average molecular weight is 310 g/mol. The molecule has 1 aromatic heterocycles. The minimum absolute atomic E-state index is 0.386. The largest absolute Gasteiger partial charge is 0.305 e. The zero-order valence-corrected chi connectivity index (χ0v) is 12.4. The lowest BCUT2D eigenvalue weighted by Crippen LogP contribution is -2.17. The fourth-order valence-electron chi connectivity index (χ4n) is 1.67. The van der Waals surface area contributed by atoms with Crippen molar-refractivity contribution in [2.45, 2.75) is 26.4 Å². The molecule has 0 aliphatic heterocycles. The van der Waals surface area contributed by atoms with Crippen LogP contribution in [0.25, 0.3) is 0 Å². The lowest BCUT2D eigenvalue weighted by molar-refractivity contribution is 0.579. The molecule has 1 nitrogen and oxygen atoms in total. The molecule has 1 N–H and O–H groups in total. The highest BCUT2D eigenvalue weighted by molar-refractivity contribution is 9.11. The molecule has 0 spiro atoms. The predicted octanol–water partition coefficient (Wildman–Crippen LogP) is 4.67. The minimum Gasteiger partial charge on any atom is -0.305 e. The van der Waals surface area contributed by atoms with Crippen molar-refractivity contribution in [2.75, 3.05) is 0 Å². The van der Waals surface area contributed by atoms with Crippen LogP contribution in [0.1, 0.15) is 29.0 Å². The van der Waals surface area contributed by atoms with Crippen LogP contribution in [0, 0.1) is 6.92 Å².